The first kappa shape index (κ1) is 21.7. The van der Waals surface area contributed by atoms with Crippen molar-refractivity contribution in [1.82, 2.24) is 14.8 Å². The van der Waals surface area contributed by atoms with Gasteiger partial charge in [0.15, 0.2) is 0 Å². The molecule has 2 heterocycles. The van der Waals surface area contributed by atoms with Crippen molar-refractivity contribution in [3.8, 4) is 11.5 Å². The summed E-state index contributed by atoms with van der Waals surface area (Å²) < 4.78 is 12.8. The monoisotopic (exact) mass is 454 g/mol. The zero-order valence-electron chi connectivity index (χ0n) is 19.4. The van der Waals surface area contributed by atoms with E-state index in [9.17, 15) is 4.79 Å². The number of nitrogens with zero attached hydrogens (tertiary/aromatic N) is 4. The number of aryl methyl sites for hydroxylation is 1. The molecule has 5 rings (SSSR count). The Morgan fingerprint density at radius 3 is 2.38 bits per heavy atom. The third-order valence-corrected chi connectivity index (χ3v) is 6.42. The summed E-state index contributed by atoms with van der Waals surface area (Å²) in [6.07, 6.45) is 2.12. The minimum atomic E-state index is -0.260. The largest absolute Gasteiger partial charge is 0.497 e. The fourth-order valence-electron chi connectivity index (χ4n) is 4.68. The zero-order chi connectivity index (χ0) is 23.7. The lowest BCUT2D eigenvalue weighted by Crippen LogP contribution is -2.43. The summed E-state index contributed by atoms with van der Waals surface area (Å²) in [6.45, 7) is 1.95. The summed E-state index contributed by atoms with van der Waals surface area (Å²) in [6, 6.07) is 23.0. The van der Waals surface area contributed by atoms with Gasteiger partial charge in [0.05, 0.1) is 26.3 Å². The van der Waals surface area contributed by atoms with Gasteiger partial charge >= 0.3 is 0 Å². The number of aromatic nitrogens is 3. The van der Waals surface area contributed by atoms with Gasteiger partial charge in [0.1, 0.15) is 17.8 Å². The Bertz CT molecular complexity index is 1320. The molecule has 0 aliphatic carbocycles. The van der Waals surface area contributed by atoms with E-state index >= 15 is 0 Å². The number of carbonyl (C=O) groups excluding carboxylic acids is 1. The van der Waals surface area contributed by atoms with Crippen molar-refractivity contribution in [2.75, 3.05) is 19.1 Å². The van der Waals surface area contributed by atoms with E-state index in [-0.39, 0.29) is 18.0 Å². The van der Waals surface area contributed by atoms with Crippen LogP contribution in [0.4, 0.5) is 5.95 Å². The number of ether oxygens (including phenoxy) is 2. The second-order valence-electron chi connectivity index (χ2n) is 8.28. The van der Waals surface area contributed by atoms with Crippen molar-refractivity contribution in [1.29, 1.82) is 0 Å². The maximum absolute atomic E-state index is 13.9. The van der Waals surface area contributed by atoms with Gasteiger partial charge in [-0.25, -0.2) is 4.68 Å². The number of carbonyl (C=O) groups is 1. The highest BCUT2D eigenvalue weighted by Gasteiger charge is 2.40. The highest BCUT2D eigenvalue weighted by atomic mass is 16.5. The van der Waals surface area contributed by atoms with Crippen molar-refractivity contribution in [3.63, 3.8) is 0 Å². The molecule has 7 heteroatoms. The molecule has 172 valence electrons. The van der Waals surface area contributed by atoms with Crippen LogP contribution in [0.2, 0.25) is 0 Å². The highest BCUT2D eigenvalue weighted by Crippen LogP contribution is 2.44. The summed E-state index contributed by atoms with van der Waals surface area (Å²) in [5.74, 6) is 1.95. The zero-order valence-corrected chi connectivity index (χ0v) is 19.4. The van der Waals surface area contributed by atoms with E-state index in [0.29, 0.717) is 17.9 Å². The molecule has 0 saturated heterocycles. The van der Waals surface area contributed by atoms with Crippen LogP contribution in [0.25, 0.3) is 0 Å². The first-order chi connectivity index (χ1) is 16.6. The van der Waals surface area contributed by atoms with Gasteiger partial charge in [0, 0.05) is 11.1 Å². The van der Waals surface area contributed by atoms with Crippen molar-refractivity contribution < 1.29 is 14.3 Å². The van der Waals surface area contributed by atoms with E-state index in [2.05, 4.69) is 10.1 Å². The van der Waals surface area contributed by atoms with Gasteiger partial charge in [-0.05, 0) is 48.7 Å². The lowest BCUT2D eigenvalue weighted by molar-refractivity contribution is 0.0962. The van der Waals surface area contributed by atoms with Crippen LogP contribution in [0.1, 0.15) is 45.6 Å². The third kappa shape index (κ3) is 3.69. The van der Waals surface area contributed by atoms with E-state index in [1.54, 1.807) is 19.1 Å². The van der Waals surface area contributed by atoms with Crippen molar-refractivity contribution in [3.05, 3.63) is 101 Å². The number of para-hydroxylation sites is 1. The van der Waals surface area contributed by atoms with E-state index in [1.807, 2.05) is 84.4 Å². The van der Waals surface area contributed by atoms with Gasteiger partial charge in [0.2, 0.25) is 5.95 Å². The van der Waals surface area contributed by atoms with Crippen LogP contribution in [0.5, 0.6) is 11.5 Å². The maximum Gasteiger partial charge on any atom is 0.261 e. The first-order valence-corrected chi connectivity index (χ1v) is 11.2. The molecule has 0 saturated carbocycles. The standard InChI is InChI=1S/C27H26N4O3/c1-18-8-4-5-9-21(18)26(32)30-23(19-12-14-20(33-2)15-13-19)16-24(31-27(30)28-17-29-31)22-10-6-7-11-25(22)34-3/h4-15,17,23-24H,16H2,1-3H3/t23-,24+/m1/s1. The number of hydrogen-bond donors (Lipinski definition) is 0. The van der Waals surface area contributed by atoms with E-state index in [0.717, 1.165) is 28.2 Å². The molecular weight excluding hydrogens is 428 g/mol. The molecule has 2 atom stereocenters. The van der Waals surface area contributed by atoms with Crippen molar-refractivity contribution in [2.24, 2.45) is 0 Å². The maximum atomic E-state index is 13.9. The fourth-order valence-corrected chi connectivity index (χ4v) is 4.68. The number of methoxy groups -OCH3 is 2. The molecular formula is C27H26N4O3. The fraction of sp³-hybridized carbons (Fsp3) is 0.222. The van der Waals surface area contributed by atoms with Crippen LogP contribution in [-0.2, 0) is 0 Å². The van der Waals surface area contributed by atoms with Crippen molar-refractivity contribution in [2.45, 2.75) is 25.4 Å². The van der Waals surface area contributed by atoms with Crippen LogP contribution < -0.4 is 14.4 Å². The quantitative estimate of drug-likeness (QED) is 0.425. The number of anilines is 1. The molecule has 0 bridgehead atoms. The number of fused-ring (bicyclic) bond motifs is 1. The Labute approximate surface area is 198 Å². The molecule has 0 N–H and O–H groups in total. The summed E-state index contributed by atoms with van der Waals surface area (Å²) in [4.78, 5) is 20.3. The molecule has 1 aliphatic rings. The van der Waals surface area contributed by atoms with E-state index in [4.69, 9.17) is 9.47 Å². The molecule has 1 aromatic heterocycles. The molecule has 34 heavy (non-hydrogen) atoms. The van der Waals surface area contributed by atoms with Crippen LogP contribution in [0, 0.1) is 6.92 Å². The molecule has 0 unspecified atom stereocenters. The lowest BCUT2D eigenvalue weighted by Gasteiger charge is -2.39. The third-order valence-electron chi connectivity index (χ3n) is 6.42. The van der Waals surface area contributed by atoms with Gasteiger partial charge < -0.3 is 9.47 Å². The molecule has 0 radical (unpaired) electrons. The normalized spacial score (nSPS) is 17.2. The Morgan fingerprint density at radius 2 is 1.65 bits per heavy atom. The predicted octanol–water partition coefficient (Wildman–Crippen LogP) is 4.98. The van der Waals surface area contributed by atoms with Gasteiger partial charge in [-0.15, -0.1) is 0 Å². The average Bonchev–Trinajstić information content (AvgIpc) is 3.37. The average molecular weight is 455 g/mol. The second kappa shape index (κ2) is 9.02. The lowest BCUT2D eigenvalue weighted by atomic mass is 9.90. The Kier molecular flexibility index (Phi) is 5.76. The smallest absolute Gasteiger partial charge is 0.261 e. The van der Waals surface area contributed by atoms with Crippen LogP contribution in [-0.4, -0.2) is 34.9 Å². The minimum Gasteiger partial charge on any atom is -0.497 e. The minimum absolute atomic E-state index is 0.105. The second-order valence-corrected chi connectivity index (χ2v) is 8.28. The number of hydrogen-bond acceptors (Lipinski definition) is 5. The Hall–Kier alpha value is -4.13. The summed E-state index contributed by atoms with van der Waals surface area (Å²) in [5, 5.41) is 4.53. The first-order valence-electron chi connectivity index (χ1n) is 11.2. The molecule has 0 fully saturated rings. The molecule has 0 spiro atoms. The van der Waals surface area contributed by atoms with Crippen LogP contribution in [0.3, 0.4) is 0 Å². The number of rotatable bonds is 5. The van der Waals surface area contributed by atoms with E-state index in [1.165, 1.54) is 6.33 Å². The molecule has 4 aromatic rings. The number of benzene rings is 3. The van der Waals surface area contributed by atoms with Gasteiger partial charge in [0.25, 0.3) is 5.91 Å². The highest BCUT2D eigenvalue weighted by molar-refractivity contribution is 6.06. The van der Waals surface area contributed by atoms with Crippen LogP contribution in [0.15, 0.2) is 79.1 Å². The van der Waals surface area contributed by atoms with Gasteiger partial charge in [-0.1, -0.05) is 48.5 Å². The van der Waals surface area contributed by atoms with E-state index < -0.39 is 0 Å². The van der Waals surface area contributed by atoms with Gasteiger partial charge in [-0.3, -0.25) is 9.69 Å². The number of amides is 1. The van der Waals surface area contributed by atoms with Crippen LogP contribution >= 0.6 is 0 Å². The SMILES string of the molecule is COc1ccc([C@H]2C[C@@H](c3ccccc3OC)n3ncnc3N2C(=O)c2ccccc2C)cc1. The molecule has 7 nitrogen and oxygen atoms in total. The summed E-state index contributed by atoms with van der Waals surface area (Å²) >= 11 is 0. The Balaban J connectivity index is 1.67. The van der Waals surface area contributed by atoms with Gasteiger partial charge in [-0.2, -0.15) is 10.1 Å². The van der Waals surface area contributed by atoms with Crippen molar-refractivity contribution >= 4 is 11.9 Å². The summed E-state index contributed by atoms with van der Waals surface area (Å²) in [5.41, 5.74) is 3.56. The molecule has 3 aromatic carbocycles. The topological polar surface area (TPSA) is 69.5 Å². The molecule has 1 amide bonds. The Morgan fingerprint density at radius 1 is 0.912 bits per heavy atom. The summed E-state index contributed by atoms with van der Waals surface area (Å²) in [7, 11) is 3.31. The predicted molar refractivity (Wildman–Crippen MR) is 129 cm³/mol. The molecule has 1 aliphatic heterocycles.